The molecule has 0 saturated heterocycles. The summed E-state index contributed by atoms with van der Waals surface area (Å²) in [5.41, 5.74) is 7.02. The summed E-state index contributed by atoms with van der Waals surface area (Å²) in [5.74, 6) is 0.548. The third-order valence-corrected chi connectivity index (χ3v) is 3.98. The number of nitrogens with one attached hydrogen (secondary N) is 2. The van der Waals surface area contributed by atoms with Crippen LogP contribution in [0.15, 0.2) is 18.2 Å². The van der Waals surface area contributed by atoms with Gasteiger partial charge in [0.2, 0.25) is 5.91 Å². The maximum absolute atomic E-state index is 12.6. The third-order valence-electron chi connectivity index (χ3n) is 3.98. The van der Waals surface area contributed by atoms with Crippen LogP contribution in [0.2, 0.25) is 0 Å². The number of alkyl carbamates (subject to hydrolysis) is 1. The first-order valence-electron chi connectivity index (χ1n) is 9.72. The lowest BCUT2D eigenvalue weighted by molar-refractivity contribution is -0.124. The second-order valence-electron chi connectivity index (χ2n) is 8.07. The van der Waals surface area contributed by atoms with E-state index >= 15 is 0 Å². The van der Waals surface area contributed by atoms with Crippen LogP contribution in [0, 0.1) is 13.8 Å². The van der Waals surface area contributed by atoms with Crippen molar-refractivity contribution in [2.75, 3.05) is 13.2 Å². The van der Waals surface area contributed by atoms with Crippen molar-refractivity contribution in [1.82, 2.24) is 10.6 Å². The number of carbonyl (C=O) groups excluding carboxylic acids is 2. The molecule has 0 bridgehead atoms. The second kappa shape index (κ2) is 10.9. The smallest absolute Gasteiger partial charge is 0.408 e. The van der Waals surface area contributed by atoms with E-state index in [1.165, 1.54) is 0 Å². The summed E-state index contributed by atoms with van der Waals surface area (Å²) in [5, 5.41) is 5.53. The fraction of sp³-hybridized carbons (Fsp3) is 0.619. The van der Waals surface area contributed by atoms with Gasteiger partial charge in [0.15, 0.2) is 0 Å². The van der Waals surface area contributed by atoms with Crippen LogP contribution in [-0.4, -0.2) is 42.8 Å². The van der Waals surface area contributed by atoms with Crippen LogP contribution >= 0.6 is 0 Å². The molecule has 0 aromatic heterocycles. The highest BCUT2D eigenvalue weighted by Crippen LogP contribution is 2.22. The number of ether oxygens (including phenoxy) is 2. The van der Waals surface area contributed by atoms with Gasteiger partial charge in [-0.1, -0.05) is 18.2 Å². The molecule has 0 heterocycles. The average molecular weight is 394 g/mol. The summed E-state index contributed by atoms with van der Waals surface area (Å²) < 4.78 is 11.1. The molecule has 28 heavy (non-hydrogen) atoms. The minimum absolute atomic E-state index is 0.229. The molecule has 0 spiro atoms. The monoisotopic (exact) mass is 393 g/mol. The number of hydrogen-bond donors (Lipinski definition) is 3. The lowest BCUT2D eigenvalue weighted by Gasteiger charge is -2.24. The number of benzene rings is 1. The highest BCUT2D eigenvalue weighted by atomic mass is 16.6. The Bertz CT molecular complexity index is 635. The molecule has 158 valence electrons. The number of nitrogens with two attached hydrogens (primary N) is 1. The standard InChI is InChI=1S/C21H35N3O4/c1-14-9-7-10-15(2)18(14)27-13-16(3)23-19(25)17(11-8-12-22)24-20(26)28-21(4,5)6/h7,9-10,16-17H,8,11-13,22H2,1-6H3,(H,23,25)(H,24,26). The van der Waals surface area contributed by atoms with E-state index in [1.807, 2.05) is 39.0 Å². The predicted octanol–water partition coefficient (Wildman–Crippen LogP) is 2.82. The Morgan fingerprint density at radius 2 is 1.75 bits per heavy atom. The van der Waals surface area contributed by atoms with Gasteiger partial charge in [-0.3, -0.25) is 4.79 Å². The van der Waals surface area contributed by atoms with E-state index in [0.717, 1.165) is 16.9 Å². The van der Waals surface area contributed by atoms with Crippen LogP contribution in [0.25, 0.3) is 0 Å². The maximum atomic E-state index is 12.6. The molecule has 7 nitrogen and oxygen atoms in total. The minimum atomic E-state index is -0.707. The van der Waals surface area contributed by atoms with Gasteiger partial charge in [0, 0.05) is 0 Å². The van der Waals surface area contributed by atoms with Gasteiger partial charge in [0.1, 0.15) is 24.0 Å². The van der Waals surface area contributed by atoms with Gasteiger partial charge in [-0.25, -0.2) is 4.79 Å². The summed E-state index contributed by atoms with van der Waals surface area (Å²) in [7, 11) is 0. The number of aryl methyl sites for hydroxylation is 2. The summed E-state index contributed by atoms with van der Waals surface area (Å²) in [6.45, 7) is 11.9. The van der Waals surface area contributed by atoms with Crippen molar-refractivity contribution >= 4 is 12.0 Å². The van der Waals surface area contributed by atoms with Crippen LogP contribution in [0.4, 0.5) is 4.79 Å². The Labute approximate surface area is 168 Å². The summed E-state index contributed by atoms with van der Waals surface area (Å²) in [6.07, 6.45) is 0.428. The van der Waals surface area contributed by atoms with Crippen LogP contribution in [-0.2, 0) is 9.53 Å². The Morgan fingerprint density at radius 1 is 1.14 bits per heavy atom. The Morgan fingerprint density at radius 3 is 2.29 bits per heavy atom. The van der Waals surface area contributed by atoms with Crippen molar-refractivity contribution < 1.29 is 19.1 Å². The molecule has 2 amide bonds. The highest BCUT2D eigenvalue weighted by molar-refractivity contribution is 5.85. The van der Waals surface area contributed by atoms with Gasteiger partial charge in [-0.05, 0) is 72.1 Å². The molecule has 0 aliphatic heterocycles. The first kappa shape index (κ1) is 23.8. The fourth-order valence-electron chi connectivity index (χ4n) is 2.66. The average Bonchev–Trinajstić information content (AvgIpc) is 2.56. The van der Waals surface area contributed by atoms with Gasteiger partial charge in [-0.15, -0.1) is 0 Å². The third kappa shape index (κ3) is 8.61. The molecular formula is C21H35N3O4. The minimum Gasteiger partial charge on any atom is -0.491 e. The number of carbonyl (C=O) groups is 2. The van der Waals surface area contributed by atoms with Crippen LogP contribution in [0.5, 0.6) is 5.75 Å². The molecule has 1 aromatic rings. The van der Waals surface area contributed by atoms with E-state index in [9.17, 15) is 9.59 Å². The summed E-state index contributed by atoms with van der Waals surface area (Å²) >= 11 is 0. The highest BCUT2D eigenvalue weighted by Gasteiger charge is 2.25. The quantitative estimate of drug-likeness (QED) is 0.599. The number of rotatable bonds is 9. The number of amides is 2. The number of hydrogen-bond acceptors (Lipinski definition) is 5. The van der Waals surface area contributed by atoms with Crippen molar-refractivity contribution in [1.29, 1.82) is 0 Å². The van der Waals surface area contributed by atoms with Gasteiger partial charge in [-0.2, -0.15) is 0 Å². The lowest BCUT2D eigenvalue weighted by Crippen LogP contribution is -2.51. The van der Waals surface area contributed by atoms with E-state index in [0.29, 0.717) is 26.0 Å². The zero-order chi connectivity index (χ0) is 21.3. The zero-order valence-electron chi connectivity index (χ0n) is 17.9. The molecule has 2 atom stereocenters. The largest absolute Gasteiger partial charge is 0.491 e. The van der Waals surface area contributed by atoms with Gasteiger partial charge < -0.3 is 25.8 Å². The molecule has 4 N–H and O–H groups in total. The predicted molar refractivity (Wildman–Crippen MR) is 110 cm³/mol. The van der Waals surface area contributed by atoms with E-state index in [2.05, 4.69) is 10.6 Å². The molecule has 0 saturated carbocycles. The van der Waals surface area contributed by atoms with Gasteiger partial charge in [0.25, 0.3) is 0 Å². The first-order chi connectivity index (χ1) is 13.0. The number of para-hydroxylation sites is 1. The Kier molecular flexibility index (Phi) is 9.25. The Hall–Kier alpha value is -2.28. The molecular weight excluding hydrogens is 358 g/mol. The normalized spacial score (nSPS) is 13.4. The molecule has 7 heteroatoms. The lowest BCUT2D eigenvalue weighted by atomic mass is 10.1. The summed E-state index contributed by atoms with van der Waals surface area (Å²) in [4.78, 5) is 24.7. The molecule has 1 rings (SSSR count). The maximum Gasteiger partial charge on any atom is 0.408 e. The van der Waals surface area contributed by atoms with E-state index < -0.39 is 17.7 Å². The van der Waals surface area contributed by atoms with Crippen LogP contribution < -0.4 is 21.1 Å². The van der Waals surface area contributed by atoms with Gasteiger partial charge in [0.05, 0.1) is 6.04 Å². The van der Waals surface area contributed by atoms with Crippen molar-refractivity contribution in [2.24, 2.45) is 5.73 Å². The van der Waals surface area contributed by atoms with Gasteiger partial charge >= 0.3 is 6.09 Å². The molecule has 0 fully saturated rings. The molecule has 0 aliphatic carbocycles. The van der Waals surface area contributed by atoms with Crippen molar-refractivity contribution in [2.45, 2.75) is 72.1 Å². The SMILES string of the molecule is Cc1cccc(C)c1OCC(C)NC(=O)C(CCCN)NC(=O)OC(C)(C)C. The first-order valence-corrected chi connectivity index (χ1v) is 9.72. The summed E-state index contributed by atoms with van der Waals surface area (Å²) in [6, 6.07) is 5.01. The van der Waals surface area contributed by atoms with Crippen LogP contribution in [0.1, 0.15) is 51.7 Å². The van der Waals surface area contributed by atoms with Crippen molar-refractivity contribution in [3.05, 3.63) is 29.3 Å². The zero-order valence-corrected chi connectivity index (χ0v) is 17.9. The Balaban J connectivity index is 2.63. The molecule has 1 aromatic carbocycles. The molecule has 2 unspecified atom stereocenters. The van der Waals surface area contributed by atoms with E-state index in [1.54, 1.807) is 20.8 Å². The van der Waals surface area contributed by atoms with E-state index in [4.69, 9.17) is 15.2 Å². The second-order valence-corrected chi connectivity index (χ2v) is 8.07. The topological polar surface area (TPSA) is 103 Å². The molecule has 0 aliphatic rings. The van der Waals surface area contributed by atoms with E-state index in [-0.39, 0.29) is 11.9 Å². The van der Waals surface area contributed by atoms with Crippen molar-refractivity contribution in [3.8, 4) is 5.75 Å². The molecule has 0 radical (unpaired) electrons. The van der Waals surface area contributed by atoms with Crippen molar-refractivity contribution in [3.63, 3.8) is 0 Å². The van der Waals surface area contributed by atoms with Crippen LogP contribution in [0.3, 0.4) is 0 Å². The fourth-order valence-corrected chi connectivity index (χ4v) is 2.66.